The van der Waals surface area contributed by atoms with E-state index in [2.05, 4.69) is 22.2 Å². The van der Waals surface area contributed by atoms with Crippen LogP contribution in [-0.2, 0) is 10.0 Å². The van der Waals surface area contributed by atoms with Gasteiger partial charge < -0.3 is 5.32 Å². The number of rotatable bonds is 7. The van der Waals surface area contributed by atoms with Crippen molar-refractivity contribution in [1.82, 2.24) is 10.0 Å². The van der Waals surface area contributed by atoms with Crippen LogP contribution in [0.25, 0.3) is 0 Å². The zero-order valence-corrected chi connectivity index (χ0v) is 12.4. The summed E-state index contributed by atoms with van der Waals surface area (Å²) >= 11 is 0. The number of hydrogen-bond donors (Lipinski definition) is 2. The molecule has 2 rings (SSSR count). The first-order valence-electron chi connectivity index (χ1n) is 7.09. The van der Waals surface area contributed by atoms with Crippen LogP contribution in [-0.4, -0.2) is 28.1 Å². The molecule has 0 aromatic heterocycles. The predicted octanol–water partition coefficient (Wildman–Crippen LogP) is 1.91. The van der Waals surface area contributed by atoms with Gasteiger partial charge in [-0.05, 0) is 43.9 Å². The van der Waals surface area contributed by atoms with Gasteiger partial charge >= 0.3 is 0 Å². The van der Waals surface area contributed by atoms with Gasteiger partial charge in [0.05, 0.1) is 4.90 Å². The molecule has 0 radical (unpaired) electrons. The molecule has 0 spiro atoms. The Kier molecular flexibility index (Phi) is 5.76. The van der Waals surface area contributed by atoms with Crippen LogP contribution in [0, 0.1) is 5.92 Å². The van der Waals surface area contributed by atoms with Gasteiger partial charge in [0, 0.05) is 13.1 Å². The summed E-state index contributed by atoms with van der Waals surface area (Å²) in [6.07, 6.45) is 7.97. The molecule has 0 saturated heterocycles. The monoisotopic (exact) mass is 294 g/mol. The maximum Gasteiger partial charge on any atom is 0.240 e. The molecule has 1 aromatic carbocycles. The summed E-state index contributed by atoms with van der Waals surface area (Å²) in [4.78, 5) is 0.317. The third-order valence-corrected chi connectivity index (χ3v) is 4.93. The maximum atomic E-state index is 11.9. The number of allylic oxidation sites excluding steroid dienone is 2. The van der Waals surface area contributed by atoms with E-state index in [0.29, 0.717) is 23.9 Å². The topological polar surface area (TPSA) is 58.2 Å². The van der Waals surface area contributed by atoms with Crippen LogP contribution in [0.1, 0.15) is 19.3 Å². The first-order valence-corrected chi connectivity index (χ1v) is 8.57. The lowest BCUT2D eigenvalue weighted by atomic mass is 9.94. The highest BCUT2D eigenvalue weighted by molar-refractivity contribution is 7.89. The Morgan fingerprint density at radius 1 is 1.10 bits per heavy atom. The Bertz CT molecular complexity index is 526. The fourth-order valence-electron chi connectivity index (χ4n) is 2.30. The van der Waals surface area contributed by atoms with Gasteiger partial charge in [0.15, 0.2) is 0 Å². The molecule has 110 valence electrons. The van der Waals surface area contributed by atoms with Gasteiger partial charge in [-0.2, -0.15) is 0 Å². The highest BCUT2D eigenvalue weighted by Gasteiger charge is 2.12. The minimum atomic E-state index is -3.37. The lowest BCUT2D eigenvalue weighted by molar-refractivity contribution is 0.442. The van der Waals surface area contributed by atoms with Crippen LogP contribution in [0.15, 0.2) is 47.4 Å². The molecular weight excluding hydrogens is 272 g/mol. The van der Waals surface area contributed by atoms with Crippen molar-refractivity contribution in [3.63, 3.8) is 0 Å². The van der Waals surface area contributed by atoms with E-state index in [-0.39, 0.29) is 0 Å². The highest BCUT2D eigenvalue weighted by atomic mass is 32.2. The van der Waals surface area contributed by atoms with Crippen molar-refractivity contribution in [3.8, 4) is 0 Å². The molecule has 0 fully saturated rings. The average Bonchev–Trinajstić information content (AvgIpc) is 2.49. The number of hydrogen-bond acceptors (Lipinski definition) is 3. The van der Waals surface area contributed by atoms with Crippen molar-refractivity contribution in [2.45, 2.75) is 24.2 Å². The van der Waals surface area contributed by atoms with Gasteiger partial charge in [-0.1, -0.05) is 30.4 Å². The molecule has 0 amide bonds. The van der Waals surface area contributed by atoms with Crippen LogP contribution in [0.4, 0.5) is 0 Å². The van der Waals surface area contributed by atoms with Gasteiger partial charge in [-0.3, -0.25) is 0 Å². The van der Waals surface area contributed by atoms with Crippen LogP contribution >= 0.6 is 0 Å². The Hall–Kier alpha value is -1.17. The molecule has 4 nitrogen and oxygen atoms in total. The average molecular weight is 294 g/mol. The number of sulfonamides is 1. The Morgan fingerprint density at radius 3 is 2.60 bits per heavy atom. The summed E-state index contributed by atoms with van der Waals surface area (Å²) in [7, 11) is -3.37. The van der Waals surface area contributed by atoms with Crippen molar-refractivity contribution in [3.05, 3.63) is 42.5 Å². The van der Waals surface area contributed by atoms with Gasteiger partial charge in [0.1, 0.15) is 0 Å². The summed E-state index contributed by atoms with van der Waals surface area (Å²) < 4.78 is 26.5. The molecule has 0 heterocycles. The quantitative estimate of drug-likeness (QED) is 0.596. The number of nitrogens with one attached hydrogen (secondary N) is 2. The van der Waals surface area contributed by atoms with E-state index in [4.69, 9.17) is 0 Å². The summed E-state index contributed by atoms with van der Waals surface area (Å²) in [5.41, 5.74) is 0. The zero-order valence-electron chi connectivity index (χ0n) is 11.6. The van der Waals surface area contributed by atoms with Crippen molar-refractivity contribution in [1.29, 1.82) is 0 Å². The third-order valence-electron chi connectivity index (χ3n) is 3.46. The first kappa shape index (κ1) is 15.2. The Balaban J connectivity index is 1.67. The largest absolute Gasteiger partial charge is 0.315 e. The fourth-order valence-corrected chi connectivity index (χ4v) is 3.36. The molecule has 1 aliphatic carbocycles. The molecule has 2 N–H and O–H groups in total. The van der Waals surface area contributed by atoms with Crippen molar-refractivity contribution >= 4 is 10.0 Å². The number of benzene rings is 1. The first-order chi connectivity index (χ1) is 9.68. The molecule has 1 aliphatic rings. The summed E-state index contributed by atoms with van der Waals surface area (Å²) in [6, 6.07) is 8.46. The van der Waals surface area contributed by atoms with Gasteiger partial charge in [0.2, 0.25) is 10.0 Å². The second-order valence-electron chi connectivity index (χ2n) is 5.07. The SMILES string of the molecule is O=S(=O)(NCCNC[C@H]1CC=CCC1)c1ccccc1. The second-order valence-corrected chi connectivity index (χ2v) is 6.83. The third kappa shape index (κ3) is 4.74. The predicted molar refractivity (Wildman–Crippen MR) is 81.0 cm³/mol. The summed E-state index contributed by atoms with van der Waals surface area (Å²) in [6.45, 7) is 2.03. The van der Waals surface area contributed by atoms with Gasteiger partial charge in [-0.15, -0.1) is 0 Å². The second kappa shape index (κ2) is 7.57. The Labute approximate surface area is 121 Å². The molecule has 0 bridgehead atoms. The molecule has 0 saturated carbocycles. The Morgan fingerprint density at radius 2 is 1.90 bits per heavy atom. The minimum Gasteiger partial charge on any atom is -0.315 e. The van der Waals surface area contributed by atoms with E-state index >= 15 is 0 Å². The molecule has 20 heavy (non-hydrogen) atoms. The fraction of sp³-hybridized carbons (Fsp3) is 0.467. The zero-order chi connectivity index (χ0) is 14.3. The molecule has 1 atom stereocenters. The van der Waals surface area contributed by atoms with Crippen molar-refractivity contribution in [2.24, 2.45) is 5.92 Å². The van der Waals surface area contributed by atoms with E-state index in [1.807, 2.05) is 0 Å². The lowest BCUT2D eigenvalue weighted by Crippen LogP contribution is -2.34. The van der Waals surface area contributed by atoms with Gasteiger partial charge in [-0.25, -0.2) is 13.1 Å². The van der Waals surface area contributed by atoms with Crippen molar-refractivity contribution < 1.29 is 8.42 Å². The summed E-state index contributed by atoms with van der Waals surface area (Å²) in [5.74, 6) is 0.686. The maximum absolute atomic E-state index is 11.9. The van der Waals surface area contributed by atoms with E-state index in [1.54, 1.807) is 30.3 Å². The van der Waals surface area contributed by atoms with E-state index in [0.717, 1.165) is 19.4 Å². The van der Waals surface area contributed by atoms with Gasteiger partial charge in [0.25, 0.3) is 0 Å². The molecule has 1 aromatic rings. The highest BCUT2D eigenvalue weighted by Crippen LogP contribution is 2.16. The minimum absolute atomic E-state index is 0.317. The molecule has 5 heteroatoms. The normalized spacial score (nSPS) is 19.1. The van der Waals surface area contributed by atoms with Crippen LogP contribution in [0.2, 0.25) is 0 Å². The van der Waals surface area contributed by atoms with E-state index < -0.39 is 10.0 Å². The van der Waals surface area contributed by atoms with Crippen LogP contribution in [0.3, 0.4) is 0 Å². The lowest BCUT2D eigenvalue weighted by Gasteiger charge is -2.18. The molecule has 0 aliphatic heterocycles. The summed E-state index contributed by atoms with van der Waals surface area (Å²) in [5, 5.41) is 3.32. The molecular formula is C15H22N2O2S. The van der Waals surface area contributed by atoms with Crippen LogP contribution in [0.5, 0.6) is 0 Å². The van der Waals surface area contributed by atoms with Crippen molar-refractivity contribution in [2.75, 3.05) is 19.6 Å². The van der Waals surface area contributed by atoms with Crippen LogP contribution < -0.4 is 10.0 Å². The van der Waals surface area contributed by atoms with E-state index in [1.165, 1.54) is 6.42 Å². The standard InChI is InChI=1S/C15H22N2O2S/c18-20(19,15-9-5-2-6-10-15)17-12-11-16-13-14-7-3-1-4-8-14/h1-3,5-6,9-10,14,16-17H,4,7-8,11-13H2/t14-/m0/s1. The molecule has 0 unspecified atom stereocenters. The smallest absolute Gasteiger partial charge is 0.240 e. The van der Waals surface area contributed by atoms with E-state index in [9.17, 15) is 8.42 Å².